The zero-order valence-corrected chi connectivity index (χ0v) is 31.7. The summed E-state index contributed by atoms with van der Waals surface area (Å²) < 4.78 is 32.5. The Bertz CT molecular complexity index is 1760. The number of carbonyl (C=O) groups is 3. The highest BCUT2D eigenvalue weighted by Crippen LogP contribution is 2.25. The molecule has 2 amide bonds. The lowest BCUT2D eigenvalue weighted by Gasteiger charge is -2.19. The summed E-state index contributed by atoms with van der Waals surface area (Å²) in [5.74, 6) is 0.0510. The van der Waals surface area contributed by atoms with Crippen molar-refractivity contribution in [3.05, 3.63) is 109 Å². The molecule has 3 rings (SSSR count). The van der Waals surface area contributed by atoms with E-state index in [0.717, 1.165) is 41.1 Å². The molecule has 3 aromatic carbocycles. The molecule has 0 atom stereocenters. The Morgan fingerprint density at radius 1 is 0.818 bits per heavy atom. The zero-order valence-electron chi connectivity index (χ0n) is 30.9. The molecular formula is C37H44N4O13S. The molecule has 0 bridgehead atoms. The monoisotopic (exact) mass is 784 g/mol. The van der Waals surface area contributed by atoms with Gasteiger partial charge in [-0.15, -0.1) is 0 Å². The Labute approximate surface area is 321 Å². The summed E-state index contributed by atoms with van der Waals surface area (Å²) in [6, 6.07) is 14.7. The summed E-state index contributed by atoms with van der Waals surface area (Å²) in [7, 11) is 1.51. The zero-order chi connectivity index (χ0) is 40.2. The molecule has 18 heteroatoms. The number of non-ortho nitro benzene ring substituents is 2. The summed E-state index contributed by atoms with van der Waals surface area (Å²) in [5.41, 5.74) is 0.468. The average Bonchev–Trinajstić information content (AvgIpc) is 3.14. The van der Waals surface area contributed by atoms with Crippen molar-refractivity contribution in [3.63, 3.8) is 0 Å². The number of methoxy groups -OCH3 is 1. The summed E-state index contributed by atoms with van der Waals surface area (Å²) in [4.78, 5) is 58.5. The van der Waals surface area contributed by atoms with Gasteiger partial charge in [0.1, 0.15) is 11.4 Å². The largest absolute Gasteiger partial charge is 0.468 e. The van der Waals surface area contributed by atoms with E-state index in [-0.39, 0.29) is 36.2 Å². The van der Waals surface area contributed by atoms with Crippen LogP contribution in [0.15, 0.2) is 71.6 Å². The van der Waals surface area contributed by atoms with Gasteiger partial charge in [-0.3, -0.25) is 29.8 Å². The van der Waals surface area contributed by atoms with Crippen molar-refractivity contribution in [2.45, 2.75) is 44.4 Å². The first kappa shape index (κ1) is 44.0. The van der Waals surface area contributed by atoms with Gasteiger partial charge in [0.2, 0.25) is 5.12 Å². The summed E-state index contributed by atoms with van der Waals surface area (Å²) in [5, 5.41) is 27.2. The van der Waals surface area contributed by atoms with Gasteiger partial charge in [-0.1, -0.05) is 12.1 Å². The van der Waals surface area contributed by atoms with Gasteiger partial charge in [0.25, 0.3) is 17.3 Å². The van der Waals surface area contributed by atoms with E-state index in [2.05, 4.69) is 10.6 Å². The maximum Gasteiger partial charge on any atom is 0.407 e. The molecule has 296 valence electrons. The van der Waals surface area contributed by atoms with Crippen LogP contribution < -0.4 is 15.4 Å². The predicted molar refractivity (Wildman–Crippen MR) is 202 cm³/mol. The number of hydrogen-bond donors (Lipinski definition) is 2. The molecule has 0 saturated heterocycles. The first-order valence-corrected chi connectivity index (χ1v) is 17.7. The molecule has 55 heavy (non-hydrogen) atoms. The van der Waals surface area contributed by atoms with E-state index in [1.807, 2.05) is 0 Å². The third kappa shape index (κ3) is 17.1. The lowest BCUT2D eigenvalue weighted by Crippen LogP contribution is -2.34. The summed E-state index contributed by atoms with van der Waals surface area (Å²) >= 11 is 0.952. The van der Waals surface area contributed by atoms with E-state index in [1.54, 1.807) is 57.2 Å². The van der Waals surface area contributed by atoms with Gasteiger partial charge in [-0.05, 0) is 91.7 Å². The second-order valence-corrected chi connectivity index (χ2v) is 13.5. The van der Waals surface area contributed by atoms with Gasteiger partial charge in [-0.2, -0.15) is 0 Å². The fourth-order valence-electron chi connectivity index (χ4n) is 4.48. The molecule has 3 aromatic rings. The van der Waals surface area contributed by atoms with Crippen molar-refractivity contribution in [2.24, 2.45) is 0 Å². The lowest BCUT2D eigenvalue weighted by atomic mass is 10.1. The number of hydrogen-bond acceptors (Lipinski definition) is 14. The topological polar surface area (TPSA) is 217 Å². The van der Waals surface area contributed by atoms with Crippen molar-refractivity contribution >= 4 is 46.3 Å². The van der Waals surface area contributed by atoms with Gasteiger partial charge in [0.05, 0.1) is 55.6 Å². The number of alkyl carbamates (subject to hydrolysis) is 1. The molecule has 2 N–H and O–H groups in total. The van der Waals surface area contributed by atoms with Crippen LogP contribution in [0.2, 0.25) is 0 Å². The van der Waals surface area contributed by atoms with Crippen LogP contribution in [0.25, 0.3) is 6.08 Å². The van der Waals surface area contributed by atoms with Gasteiger partial charge in [0.15, 0.2) is 6.79 Å². The van der Waals surface area contributed by atoms with Crippen molar-refractivity contribution in [3.8, 4) is 5.75 Å². The maximum atomic E-state index is 12.8. The number of thioether (sulfide) groups is 1. The minimum absolute atomic E-state index is 0.0562. The Morgan fingerprint density at radius 2 is 1.45 bits per heavy atom. The molecule has 0 saturated carbocycles. The van der Waals surface area contributed by atoms with Crippen LogP contribution in [0.5, 0.6) is 5.75 Å². The van der Waals surface area contributed by atoms with E-state index in [1.165, 1.54) is 25.3 Å². The SMILES string of the molecule is COCOc1ccc(/C=C/C(=O)Sc2ccc(C(=O)NCc3cc([N+](=O)[O-])cc([N+](=O)[O-])c3)cc2)c(COCCOCCOCCNC(=O)OC(C)(C)C)c1. The van der Waals surface area contributed by atoms with Gasteiger partial charge in [0, 0.05) is 42.8 Å². The highest BCUT2D eigenvalue weighted by atomic mass is 32.2. The van der Waals surface area contributed by atoms with Gasteiger partial charge < -0.3 is 39.1 Å². The molecule has 0 spiro atoms. The average molecular weight is 785 g/mol. The van der Waals surface area contributed by atoms with Crippen molar-refractivity contribution < 1.29 is 52.7 Å². The number of nitro benzene ring substituents is 2. The fraction of sp³-hybridized carbons (Fsp3) is 0.378. The molecule has 0 aliphatic carbocycles. The van der Waals surface area contributed by atoms with Crippen LogP contribution in [0.3, 0.4) is 0 Å². The van der Waals surface area contributed by atoms with Crippen LogP contribution in [0.1, 0.15) is 47.8 Å². The molecule has 0 unspecified atom stereocenters. The molecule has 0 heterocycles. The van der Waals surface area contributed by atoms with Crippen molar-refractivity contribution in [1.82, 2.24) is 10.6 Å². The number of carbonyl (C=O) groups excluding carboxylic acids is 3. The summed E-state index contributed by atoms with van der Waals surface area (Å²) in [6.45, 7) is 7.39. The Balaban J connectivity index is 1.46. The van der Waals surface area contributed by atoms with Crippen LogP contribution in [-0.2, 0) is 41.6 Å². The molecule has 0 aliphatic heterocycles. The molecular weight excluding hydrogens is 740 g/mol. The first-order chi connectivity index (χ1) is 26.2. The Hall–Kier alpha value is -5.40. The molecule has 0 radical (unpaired) electrons. The highest BCUT2D eigenvalue weighted by Gasteiger charge is 2.18. The Kier molecular flexibility index (Phi) is 18.2. The first-order valence-electron chi connectivity index (χ1n) is 16.9. The molecule has 0 aromatic heterocycles. The lowest BCUT2D eigenvalue weighted by molar-refractivity contribution is -0.394. The van der Waals surface area contributed by atoms with Crippen molar-refractivity contribution in [1.29, 1.82) is 0 Å². The van der Waals surface area contributed by atoms with E-state index >= 15 is 0 Å². The van der Waals surface area contributed by atoms with Crippen LogP contribution in [-0.4, -0.2) is 86.0 Å². The smallest absolute Gasteiger partial charge is 0.407 e. The van der Waals surface area contributed by atoms with E-state index in [9.17, 15) is 34.6 Å². The second kappa shape index (κ2) is 22.7. The number of benzene rings is 3. The number of nitrogens with one attached hydrogen (secondary N) is 2. The Morgan fingerprint density at radius 3 is 2.07 bits per heavy atom. The van der Waals surface area contributed by atoms with Crippen LogP contribution in [0, 0.1) is 20.2 Å². The maximum absolute atomic E-state index is 12.8. The highest BCUT2D eigenvalue weighted by molar-refractivity contribution is 8.14. The van der Waals surface area contributed by atoms with E-state index in [4.69, 9.17) is 28.4 Å². The van der Waals surface area contributed by atoms with Gasteiger partial charge in [-0.25, -0.2) is 4.79 Å². The van der Waals surface area contributed by atoms with Crippen molar-refractivity contribution in [2.75, 3.05) is 53.5 Å². The van der Waals surface area contributed by atoms with Crippen LogP contribution >= 0.6 is 11.8 Å². The molecule has 0 fully saturated rings. The number of rotatable bonds is 22. The van der Waals surface area contributed by atoms with E-state index < -0.39 is 38.8 Å². The third-order valence-electron chi connectivity index (χ3n) is 6.95. The summed E-state index contributed by atoms with van der Waals surface area (Å²) in [6.07, 6.45) is 2.59. The molecule has 0 aliphatic rings. The number of nitrogens with zero attached hydrogens (tertiary/aromatic N) is 2. The quantitative estimate of drug-likeness (QED) is 0.0307. The normalized spacial score (nSPS) is 11.3. The van der Waals surface area contributed by atoms with Gasteiger partial charge >= 0.3 is 6.09 Å². The number of nitro groups is 2. The molecule has 17 nitrogen and oxygen atoms in total. The van der Waals surface area contributed by atoms with E-state index in [0.29, 0.717) is 50.2 Å². The minimum atomic E-state index is -0.744. The van der Waals surface area contributed by atoms with Crippen LogP contribution in [0.4, 0.5) is 16.2 Å². The minimum Gasteiger partial charge on any atom is -0.468 e. The fourth-order valence-corrected chi connectivity index (χ4v) is 5.12. The number of ether oxygens (including phenoxy) is 6. The number of amides is 2. The third-order valence-corrected chi connectivity index (χ3v) is 7.79. The predicted octanol–water partition coefficient (Wildman–Crippen LogP) is 5.82. The standard InChI is InChI=1S/C37H44N4O13S/c1-37(2,3)54-36(44)38-13-14-50-15-16-51-17-18-52-24-29-21-32(53-25-49-4)9-5-27(29)8-12-34(42)55-33-10-6-28(7-11-33)35(43)39-23-26-19-30(40(45)46)22-31(20-26)41(47)48/h5-12,19-22H,13-18,23-25H2,1-4H3,(H,38,44)(H,39,43)/b12-8+. The second-order valence-electron chi connectivity index (χ2n) is 12.5.